The van der Waals surface area contributed by atoms with Crippen molar-refractivity contribution in [2.24, 2.45) is 5.92 Å². The first-order valence-electron chi connectivity index (χ1n) is 7.41. The maximum Gasteiger partial charge on any atom is 0.360 e. The Morgan fingerprint density at radius 3 is 2.54 bits per heavy atom. The smallest absolute Gasteiger partial charge is 0.360 e. The molecule has 5 N–H and O–H groups in total. The standard InChI is InChI=1S/C16H19N3O5/c1-8(20)13-11(19-15(13)22)6-12(21)14(18)16(23)24-7-9-2-4-10(17)5-3-9/h2-5,8,11,13,18,20H,6-7,17H2,1H3,(H,19,22)/t8-,11-,13-/m1/s1. The molecule has 2 rings (SSSR count). The number of Topliss-reactive ketones (excluding diaryl/α,β-unsaturated/α-hetero) is 1. The summed E-state index contributed by atoms with van der Waals surface area (Å²) >= 11 is 0. The molecule has 0 radical (unpaired) electrons. The van der Waals surface area contributed by atoms with Gasteiger partial charge in [0.25, 0.3) is 0 Å². The van der Waals surface area contributed by atoms with Gasteiger partial charge in [0, 0.05) is 12.1 Å². The van der Waals surface area contributed by atoms with Crippen molar-refractivity contribution < 1.29 is 24.2 Å². The number of aliphatic hydroxyl groups excluding tert-OH is 1. The lowest BCUT2D eigenvalue weighted by Crippen LogP contribution is -2.62. The highest BCUT2D eigenvalue weighted by Crippen LogP contribution is 2.22. The molecular formula is C16H19N3O5. The van der Waals surface area contributed by atoms with Crippen molar-refractivity contribution in [3.63, 3.8) is 0 Å². The van der Waals surface area contributed by atoms with Crippen LogP contribution in [0.25, 0.3) is 0 Å². The Bertz CT molecular complexity index is 669. The molecule has 128 valence electrons. The van der Waals surface area contributed by atoms with Crippen molar-refractivity contribution in [2.75, 3.05) is 5.73 Å². The number of ether oxygens (including phenoxy) is 1. The van der Waals surface area contributed by atoms with Crippen LogP contribution in [0.1, 0.15) is 18.9 Å². The number of aliphatic hydroxyl groups is 1. The van der Waals surface area contributed by atoms with Gasteiger partial charge in [-0.05, 0) is 24.6 Å². The third-order valence-electron chi connectivity index (χ3n) is 3.82. The topological polar surface area (TPSA) is 143 Å². The van der Waals surface area contributed by atoms with Gasteiger partial charge in [-0.2, -0.15) is 0 Å². The second-order valence-electron chi connectivity index (χ2n) is 5.70. The van der Waals surface area contributed by atoms with Crippen molar-refractivity contribution in [1.82, 2.24) is 5.32 Å². The number of nitrogens with two attached hydrogens (primary N) is 1. The van der Waals surface area contributed by atoms with Crippen molar-refractivity contribution in [2.45, 2.75) is 32.1 Å². The number of anilines is 1. The molecule has 1 aromatic carbocycles. The number of hydrogen-bond acceptors (Lipinski definition) is 7. The lowest BCUT2D eigenvalue weighted by Gasteiger charge is -2.38. The zero-order valence-corrected chi connectivity index (χ0v) is 13.1. The van der Waals surface area contributed by atoms with Crippen LogP contribution in [0.15, 0.2) is 24.3 Å². The Morgan fingerprint density at radius 2 is 2.00 bits per heavy atom. The molecule has 0 bridgehead atoms. The number of carbonyl (C=O) groups excluding carboxylic acids is 3. The van der Waals surface area contributed by atoms with Crippen LogP contribution in [0.4, 0.5) is 5.69 Å². The molecule has 1 saturated heterocycles. The van der Waals surface area contributed by atoms with Gasteiger partial charge in [0.2, 0.25) is 5.91 Å². The highest BCUT2D eigenvalue weighted by atomic mass is 16.5. The highest BCUT2D eigenvalue weighted by Gasteiger charge is 2.44. The number of amides is 1. The Hall–Kier alpha value is -2.74. The van der Waals surface area contributed by atoms with Gasteiger partial charge in [-0.15, -0.1) is 0 Å². The van der Waals surface area contributed by atoms with Gasteiger partial charge in [0.15, 0.2) is 11.5 Å². The van der Waals surface area contributed by atoms with Gasteiger partial charge >= 0.3 is 5.97 Å². The average Bonchev–Trinajstić information content (AvgIpc) is 2.51. The number of nitrogens with one attached hydrogen (secondary N) is 2. The van der Waals surface area contributed by atoms with E-state index >= 15 is 0 Å². The predicted octanol–water partition coefficient (Wildman–Crippen LogP) is -0.214. The fourth-order valence-electron chi connectivity index (χ4n) is 2.44. The molecule has 1 amide bonds. The minimum Gasteiger partial charge on any atom is -0.456 e. The van der Waals surface area contributed by atoms with Crippen LogP contribution >= 0.6 is 0 Å². The zero-order valence-electron chi connectivity index (χ0n) is 13.1. The summed E-state index contributed by atoms with van der Waals surface area (Å²) < 4.78 is 4.92. The minimum atomic E-state index is -1.03. The van der Waals surface area contributed by atoms with Gasteiger partial charge in [-0.1, -0.05) is 12.1 Å². The van der Waals surface area contributed by atoms with E-state index in [2.05, 4.69) is 5.32 Å². The van der Waals surface area contributed by atoms with E-state index in [4.69, 9.17) is 15.9 Å². The first-order valence-corrected chi connectivity index (χ1v) is 7.41. The molecule has 0 spiro atoms. The van der Waals surface area contributed by atoms with Crippen molar-refractivity contribution >= 4 is 29.1 Å². The van der Waals surface area contributed by atoms with Crippen LogP contribution in [0.2, 0.25) is 0 Å². The molecule has 1 aromatic rings. The summed E-state index contributed by atoms with van der Waals surface area (Å²) in [7, 11) is 0. The van der Waals surface area contributed by atoms with Gasteiger partial charge in [0.1, 0.15) is 6.61 Å². The van der Waals surface area contributed by atoms with Crippen LogP contribution in [-0.4, -0.2) is 40.6 Å². The van der Waals surface area contributed by atoms with E-state index in [0.29, 0.717) is 11.3 Å². The van der Waals surface area contributed by atoms with E-state index in [1.54, 1.807) is 24.3 Å². The van der Waals surface area contributed by atoms with Crippen LogP contribution in [-0.2, 0) is 25.7 Å². The fraction of sp³-hybridized carbons (Fsp3) is 0.375. The van der Waals surface area contributed by atoms with E-state index in [1.165, 1.54) is 6.92 Å². The Kier molecular flexibility index (Phi) is 5.30. The number of benzene rings is 1. The summed E-state index contributed by atoms with van der Waals surface area (Å²) in [5.41, 5.74) is 6.01. The van der Waals surface area contributed by atoms with Crippen molar-refractivity contribution in [3.8, 4) is 0 Å². The summed E-state index contributed by atoms with van der Waals surface area (Å²) in [6.45, 7) is 1.37. The highest BCUT2D eigenvalue weighted by molar-refractivity contribution is 6.63. The summed E-state index contributed by atoms with van der Waals surface area (Å²) in [4.78, 5) is 35.0. The number of hydrogen-bond donors (Lipinski definition) is 4. The molecule has 3 atom stereocenters. The number of rotatable bonds is 7. The Morgan fingerprint density at radius 1 is 1.38 bits per heavy atom. The maximum absolute atomic E-state index is 11.9. The lowest BCUT2D eigenvalue weighted by atomic mass is 9.82. The first-order chi connectivity index (χ1) is 11.3. The molecule has 8 heteroatoms. The lowest BCUT2D eigenvalue weighted by molar-refractivity contribution is -0.141. The quantitative estimate of drug-likeness (QED) is 0.179. The zero-order chi connectivity index (χ0) is 17.9. The van der Waals surface area contributed by atoms with E-state index < -0.39 is 35.5 Å². The second-order valence-corrected chi connectivity index (χ2v) is 5.70. The maximum atomic E-state index is 11.9. The van der Waals surface area contributed by atoms with E-state index in [-0.39, 0.29) is 18.9 Å². The fourth-order valence-corrected chi connectivity index (χ4v) is 2.44. The van der Waals surface area contributed by atoms with Crippen molar-refractivity contribution in [1.29, 1.82) is 5.41 Å². The monoisotopic (exact) mass is 333 g/mol. The van der Waals surface area contributed by atoms with Gasteiger partial charge < -0.3 is 20.9 Å². The molecule has 0 unspecified atom stereocenters. The molecule has 0 aliphatic carbocycles. The largest absolute Gasteiger partial charge is 0.456 e. The molecule has 0 saturated carbocycles. The van der Waals surface area contributed by atoms with Crippen LogP contribution in [0, 0.1) is 11.3 Å². The molecule has 0 aromatic heterocycles. The Balaban J connectivity index is 1.84. The molecule has 8 nitrogen and oxygen atoms in total. The van der Waals surface area contributed by atoms with Crippen LogP contribution < -0.4 is 11.1 Å². The second kappa shape index (κ2) is 7.22. The molecule has 1 aliphatic heterocycles. The summed E-state index contributed by atoms with van der Waals surface area (Å²) in [5, 5.41) is 19.6. The predicted molar refractivity (Wildman–Crippen MR) is 85.1 cm³/mol. The van der Waals surface area contributed by atoms with Crippen molar-refractivity contribution in [3.05, 3.63) is 29.8 Å². The summed E-state index contributed by atoms with van der Waals surface area (Å²) in [6.07, 6.45) is -1.12. The number of nitrogen functional groups attached to an aromatic ring is 1. The third-order valence-corrected chi connectivity index (χ3v) is 3.82. The first kappa shape index (κ1) is 17.6. The normalized spacial score (nSPS) is 20.5. The van der Waals surface area contributed by atoms with Gasteiger partial charge in [-0.25, -0.2) is 4.79 Å². The SMILES string of the molecule is C[C@@H](O)[C@H]1C(=O)N[C@@H]1CC(=O)C(=N)C(=O)OCc1ccc(N)cc1. The summed E-state index contributed by atoms with van der Waals surface area (Å²) in [6, 6.07) is 6.07. The number of esters is 1. The number of β-lactam (4-membered cyclic amide) rings is 1. The average molecular weight is 333 g/mol. The number of carbonyl (C=O) groups is 3. The molecular weight excluding hydrogens is 314 g/mol. The van der Waals surface area contributed by atoms with Gasteiger partial charge in [-0.3, -0.25) is 15.0 Å². The molecule has 1 aliphatic rings. The van der Waals surface area contributed by atoms with E-state index in [0.717, 1.165) is 0 Å². The molecule has 1 heterocycles. The third kappa shape index (κ3) is 3.96. The van der Waals surface area contributed by atoms with Crippen LogP contribution in [0.5, 0.6) is 0 Å². The van der Waals surface area contributed by atoms with E-state index in [9.17, 15) is 19.5 Å². The Labute approximate surface area is 138 Å². The van der Waals surface area contributed by atoms with E-state index in [1.807, 2.05) is 0 Å². The minimum absolute atomic E-state index is 0.0781. The molecule has 24 heavy (non-hydrogen) atoms. The molecule has 1 fully saturated rings. The van der Waals surface area contributed by atoms with Crippen LogP contribution in [0.3, 0.4) is 0 Å². The van der Waals surface area contributed by atoms with Gasteiger partial charge in [0.05, 0.1) is 18.1 Å². The summed E-state index contributed by atoms with van der Waals surface area (Å²) in [5.74, 6) is -2.82. The number of ketones is 1.